The van der Waals surface area contributed by atoms with Gasteiger partial charge in [-0.25, -0.2) is 4.39 Å². The van der Waals surface area contributed by atoms with Gasteiger partial charge in [0, 0.05) is 17.0 Å². The number of hydrogen-bond donors (Lipinski definition) is 1. The zero-order valence-electron chi connectivity index (χ0n) is 17.6. The number of amides is 1. The lowest BCUT2D eigenvalue weighted by Crippen LogP contribution is -2.28. The van der Waals surface area contributed by atoms with E-state index >= 15 is 0 Å². The molecule has 2 heterocycles. The van der Waals surface area contributed by atoms with E-state index in [-0.39, 0.29) is 29.8 Å². The summed E-state index contributed by atoms with van der Waals surface area (Å²) in [5.74, 6) is -1.54. The summed E-state index contributed by atoms with van der Waals surface area (Å²) in [6, 6.07) is 15.5. The van der Waals surface area contributed by atoms with Gasteiger partial charge in [0.25, 0.3) is 11.7 Å². The largest absolute Gasteiger partial charge is 0.507 e. The van der Waals surface area contributed by atoms with Crippen molar-refractivity contribution in [2.75, 3.05) is 0 Å². The Morgan fingerprint density at radius 1 is 1.12 bits per heavy atom. The second kappa shape index (κ2) is 8.96. The molecule has 4 rings (SSSR count). The van der Waals surface area contributed by atoms with Crippen LogP contribution in [0.15, 0.2) is 71.6 Å². The molecule has 0 radical (unpaired) electrons. The van der Waals surface area contributed by atoms with Crippen molar-refractivity contribution < 1.29 is 23.8 Å². The first-order valence-electron chi connectivity index (χ1n) is 10.2. The van der Waals surface area contributed by atoms with Crippen molar-refractivity contribution in [3.63, 3.8) is 0 Å². The Bertz CT molecular complexity index is 1170. The number of nitrogens with zero attached hydrogens (tertiary/aromatic N) is 1. The molecule has 1 aliphatic rings. The molecule has 2 aromatic carbocycles. The van der Waals surface area contributed by atoms with E-state index in [0.29, 0.717) is 16.9 Å². The Morgan fingerprint density at radius 2 is 1.88 bits per heavy atom. The van der Waals surface area contributed by atoms with Crippen molar-refractivity contribution in [1.29, 1.82) is 0 Å². The molecule has 7 heteroatoms. The molecule has 1 atom stereocenters. The highest BCUT2D eigenvalue weighted by Gasteiger charge is 2.46. The minimum absolute atomic E-state index is 0.0289. The zero-order chi connectivity index (χ0) is 22.8. The molecule has 0 bridgehead atoms. The van der Waals surface area contributed by atoms with Crippen LogP contribution in [0.1, 0.15) is 35.9 Å². The summed E-state index contributed by atoms with van der Waals surface area (Å²) in [6.07, 6.45) is -0.0557. The average molecular weight is 452 g/mol. The van der Waals surface area contributed by atoms with E-state index < -0.39 is 17.7 Å². The van der Waals surface area contributed by atoms with Crippen LogP contribution >= 0.6 is 11.3 Å². The number of halogens is 1. The SMILES string of the molecule is CC(C)Oc1cccc(/C(O)=C2/C(=O)C(=O)N(Cc3ccc(F)cc3)C2c2cccs2)c1. The lowest BCUT2D eigenvalue weighted by atomic mass is 9.99. The fourth-order valence-electron chi connectivity index (χ4n) is 3.72. The fraction of sp³-hybridized carbons (Fsp3) is 0.200. The molecule has 1 aliphatic heterocycles. The first-order chi connectivity index (χ1) is 15.3. The molecule has 0 spiro atoms. The number of benzene rings is 2. The molecule has 32 heavy (non-hydrogen) atoms. The highest BCUT2D eigenvalue weighted by atomic mass is 32.1. The van der Waals surface area contributed by atoms with Crippen LogP contribution in [-0.4, -0.2) is 27.8 Å². The molecule has 1 N–H and O–H groups in total. The molecule has 1 fully saturated rings. The number of carbonyl (C=O) groups is 2. The van der Waals surface area contributed by atoms with Crippen molar-refractivity contribution in [1.82, 2.24) is 4.90 Å². The molecule has 0 aliphatic carbocycles. The third-order valence-corrected chi connectivity index (χ3v) is 6.02. The minimum atomic E-state index is -0.752. The second-order valence-electron chi connectivity index (χ2n) is 7.76. The monoisotopic (exact) mass is 451 g/mol. The predicted molar refractivity (Wildman–Crippen MR) is 121 cm³/mol. The van der Waals surface area contributed by atoms with E-state index in [0.717, 1.165) is 4.88 Å². The molecule has 3 aromatic rings. The number of aliphatic hydroxyl groups is 1. The maximum atomic E-state index is 13.3. The Hall–Kier alpha value is -3.45. The van der Waals surface area contributed by atoms with Crippen molar-refractivity contribution in [3.05, 3.63) is 93.4 Å². The summed E-state index contributed by atoms with van der Waals surface area (Å²) in [6.45, 7) is 3.90. The summed E-state index contributed by atoms with van der Waals surface area (Å²) >= 11 is 1.39. The van der Waals surface area contributed by atoms with Crippen LogP contribution in [0, 0.1) is 5.82 Å². The summed E-state index contributed by atoms with van der Waals surface area (Å²) in [5, 5.41) is 13.0. The van der Waals surface area contributed by atoms with Gasteiger partial charge in [-0.15, -0.1) is 11.3 Å². The van der Waals surface area contributed by atoms with Gasteiger partial charge in [0.2, 0.25) is 0 Å². The van der Waals surface area contributed by atoms with Crippen LogP contribution < -0.4 is 4.74 Å². The predicted octanol–water partition coefficient (Wildman–Crippen LogP) is 5.30. The van der Waals surface area contributed by atoms with E-state index in [1.807, 2.05) is 31.4 Å². The van der Waals surface area contributed by atoms with E-state index in [1.165, 1.54) is 28.4 Å². The molecular formula is C25H22FNO4S. The number of aliphatic hydroxyl groups excluding tert-OH is 1. The number of ketones is 1. The number of Topliss-reactive ketones (excluding diaryl/α,β-unsaturated/α-hetero) is 1. The molecule has 164 valence electrons. The minimum Gasteiger partial charge on any atom is -0.507 e. The molecule has 1 aromatic heterocycles. The quantitative estimate of drug-likeness (QED) is 0.314. The fourth-order valence-corrected chi connectivity index (χ4v) is 4.56. The number of likely N-dealkylation sites (tertiary alicyclic amines) is 1. The first kappa shape index (κ1) is 21.8. The van der Waals surface area contributed by atoms with Gasteiger partial charge in [-0.2, -0.15) is 0 Å². The average Bonchev–Trinajstić information content (AvgIpc) is 3.37. The van der Waals surface area contributed by atoms with Crippen LogP contribution in [-0.2, 0) is 16.1 Å². The first-order valence-corrected chi connectivity index (χ1v) is 11.1. The Labute approximate surface area is 189 Å². The van der Waals surface area contributed by atoms with E-state index in [1.54, 1.807) is 36.4 Å². The van der Waals surface area contributed by atoms with E-state index in [2.05, 4.69) is 0 Å². The van der Waals surface area contributed by atoms with Crippen LogP contribution in [0.2, 0.25) is 0 Å². The Morgan fingerprint density at radius 3 is 2.53 bits per heavy atom. The van der Waals surface area contributed by atoms with Gasteiger partial charge in [0.15, 0.2) is 0 Å². The molecule has 0 saturated carbocycles. The number of thiophene rings is 1. The maximum Gasteiger partial charge on any atom is 0.295 e. The van der Waals surface area contributed by atoms with Gasteiger partial charge < -0.3 is 14.7 Å². The molecule has 1 amide bonds. The van der Waals surface area contributed by atoms with Gasteiger partial charge in [0.05, 0.1) is 17.7 Å². The molecule has 1 unspecified atom stereocenters. The van der Waals surface area contributed by atoms with Crippen LogP contribution in [0.4, 0.5) is 4.39 Å². The topological polar surface area (TPSA) is 66.8 Å². The van der Waals surface area contributed by atoms with Crippen molar-refractivity contribution in [2.24, 2.45) is 0 Å². The zero-order valence-corrected chi connectivity index (χ0v) is 18.4. The summed E-state index contributed by atoms with van der Waals surface area (Å²) in [5.41, 5.74) is 1.10. The second-order valence-corrected chi connectivity index (χ2v) is 8.74. The van der Waals surface area contributed by atoms with Crippen LogP contribution in [0.5, 0.6) is 5.75 Å². The van der Waals surface area contributed by atoms with Gasteiger partial charge >= 0.3 is 0 Å². The highest BCUT2D eigenvalue weighted by molar-refractivity contribution is 7.10. The normalized spacial score (nSPS) is 17.9. The Balaban J connectivity index is 1.79. The number of hydrogen-bond acceptors (Lipinski definition) is 5. The van der Waals surface area contributed by atoms with Crippen LogP contribution in [0.25, 0.3) is 5.76 Å². The number of ether oxygens (including phenoxy) is 1. The smallest absolute Gasteiger partial charge is 0.295 e. The number of carbonyl (C=O) groups excluding carboxylic acids is 2. The van der Waals surface area contributed by atoms with Crippen LogP contribution in [0.3, 0.4) is 0 Å². The summed E-state index contributed by atoms with van der Waals surface area (Å²) in [7, 11) is 0. The summed E-state index contributed by atoms with van der Waals surface area (Å²) < 4.78 is 19.0. The van der Waals surface area contributed by atoms with E-state index in [9.17, 15) is 19.1 Å². The lowest BCUT2D eigenvalue weighted by molar-refractivity contribution is -0.140. The van der Waals surface area contributed by atoms with Crippen molar-refractivity contribution >= 4 is 28.8 Å². The number of rotatable bonds is 6. The standard InChI is InChI=1S/C25H22FNO4S/c1-15(2)31-19-6-3-5-17(13-19)23(28)21-22(20-7-4-12-32-20)27(25(30)24(21)29)14-16-8-10-18(26)11-9-16/h3-13,15,22,28H,14H2,1-2H3/b23-21-. The molecular weight excluding hydrogens is 429 g/mol. The van der Waals surface area contributed by atoms with Crippen molar-refractivity contribution in [2.45, 2.75) is 32.5 Å². The maximum absolute atomic E-state index is 13.3. The molecule has 5 nitrogen and oxygen atoms in total. The molecule has 1 saturated heterocycles. The third kappa shape index (κ3) is 4.29. The third-order valence-electron chi connectivity index (χ3n) is 5.10. The van der Waals surface area contributed by atoms with Gasteiger partial charge in [-0.1, -0.05) is 30.3 Å². The highest BCUT2D eigenvalue weighted by Crippen LogP contribution is 2.42. The van der Waals surface area contributed by atoms with Gasteiger partial charge in [-0.3, -0.25) is 9.59 Å². The van der Waals surface area contributed by atoms with Gasteiger partial charge in [0.1, 0.15) is 17.3 Å². The Kier molecular flexibility index (Phi) is 6.10. The van der Waals surface area contributed by atoms with E-state index in [4.69, 9.17) is 4.74 Å². The lowest BCUT2D eigenvalue weighted by Gasteiger charge is -2.24. The summed E-state index contributed by atoms with van der Waals surface area (Å²) in [4.78, 5) is 28.2. The van der Waals surface area contributed by atoms with Gasteiger partial charge in [-0.05, 0) is 55.1 Å². The van der Waals surface area contributed by atoms with Crippen molar-refractivity contribution in [3.8, 4) is 5.75 Å².